The maximum Gasteiger partial charge on any atom is 0.516 e. The Morgan fingerprint density at radius 2 is 1.26 bits per heavy atom. The lowest BCUT2D eigenvalue weighted by atomic mass is 10.0. The molecule has 4 rings (SSSR count). The van der Waals surface area contributed by atoms with Crippen molar-refractivity contribution in [3.63, 3.8) is 0 Å². The SMILES string of the molecule is Cc1cc(C)c2c(c1)CN1Cc3cc(C)cc(C)c3OP1(=O)O2. The molecule has 0 fully saturated rings. The number of fused-ring (bicyclic) bond motifs is 3. The fourth-order valence-electron chi connectivity index (χ4n) is 3.57. The van der Waals surface area contributed by atoms with Gasteiger partial charge in [0.25, 0.3) is 0 Å². The van der Waals surface area contributed by atoms with Gasteiger partial charge in [-0.1, -0.05) is 35.4 Å². The Balaban J connectivity index is 1.81. The molecule has 2 aliphatic heterocycles. The van der Waals surface area contributed by atoms with E-state index in [9.17, 15) is 4.57 Å². The Hall–Kier alpha value is -1.77. The summed E-state index contributed by atoms with van der Waals surface area (Å²) < 4.78 is 26.9. The van der Waals surface area contributed by atoms with E-state index in [-0.39, 0.29) is 0 Å². The molecule has 120 valence electrons. The van der Waals surface area contributed by atoms with Gasteiger partial charge < -0.3 is 9.05 Å². The first-order valence-corrected chi connectivity index (χ1v) is 9.30. The molecule has 0 N–H and O–H groups in total. The third-order valence-corrected chi connectivity index (χ3v) is 6.26. The number of aryl methyl sites for hydroxylation is 4. The molecule has 5 heteroatoms. The topological polar surface area (TPSA) is 38.8 Å². The van der Waals surface area contributed by atoms with Crippen LogP contribution in [0, 0.1) is 27.7 Å². The summed E-state index contributed by atoms with van der Waals surface area (Å²) in [4.78, 5) is 0. The van der Waals surface area contributed by atoms with Gasteiger partial charge in [-0.15, -0.1) is 0 Å². The summed E-state index contributed by atoms with van der Waals surface area (Å²) >= 11 is 0. The molecule has 2 aromatic rings. The highest BCUT2D eigenvalue weighted by Gasteiger charge is 2.46. The monoisotopic (exact) mass is 329 g/mol. The third-order valence-electron chi connectivity index (χ3n) is 4.46. The summed E-state index contributed by atoms with van der Waals surface area (Å²) in [6, 6.07) is 8.30. The first-order chi connectivity index (χ1) is 10.9. The highest BCUT2D eigenvalue weighted by molar-refractivity contribution is 7.52. The average molecular weight is 329 g/mol. The average Bonchev–Trinajstić information content (AvgIpc) is 2.44. The molecule has 2 heterocycles. The minimum absolute atomic E-state index is 0.585. The second-order valence-corrected chi connectivity index (χ2v) is 8.48. The summed E-state index contributed by atoms with van der Waals surface area (Å²) in [6.07, 6.45) is 0. The lowest BCUT2D eigenvalue weighted by Gasteiger charge is -2.39. The summed E-state index contributed by atoms with van der Waals surface area (Å²) in [5.74, 6) is 1.42. The molecule has 23 heavy (non-hydrogen) atoms. The van der Waals surface area contributed by atoms with E-state index in [2.05, 4.69) is 26.0 Å². The number of hydrogen-bond donors (Lipinski definition) is 0. The largest absolute Gasteiger partial charge is 0.516 e. The van der Waals surface area contributed by atoms with E-state index in [1.165, 1.54) is 11.1 Å². The summed E-state index contributed by atoms with van der Waals surface area (Å²) in [6.45, 7) is 9.27. The van der Waals surface area contributed by atoms with Crippen LogP contribution in [0.25, 0.3) is 0 Å². The third kappa shape index (κ3) is 2.29. The molecule has 0 spiro atoms. The molecule has 2 aliphatic rings. The van der Waals surface area contributed by atoms with E-state index in [0.717, 1.165) is 22.3 Å². The van der Waals surface area contributed by atoms with Crippen LogP contribution in [0.1, 0.15) is 33.4 Å². The van der Waals surface area contributed by atoms with Crippen molar-refractivity contribution in [2.75, 3.05) is 0 Å². The molecule has 0 aliphatic carbocycles. The van der Waals surface area contributed by atoms with Crippen LogP contribution in [-0.4, -0.2) is 4.67 Å². The van der Waals surface area contributed by atoms with E-state index >= 15 is 0 Å². The number of rotatable bonds is 0. The molecule has 0 atom stereocenters. The van der Waals surface area contributed by atoms with Crippen LogP contribution < -0.4 is 9.05 Å². The molecule has 0 amide bonds. The van der Waals surface area contributed by atoms with Crippen molar-refractivity contribution in [3.8, 4) is 11.5 Å². The molecule has 2 aromatic carbocycles. The van der Waals surface area contributed by atoms with E-state index in [4.69, 9.17) is 9.05 Å². The second-order valence-electron chi connectivity index (χ2n) is 6.61. The van der Waals surface area contributed by atoms with Gasteiger partial charge in [-0.25, -0.2) is 4.57 Å². The van der Waals surface area contributed by atoms with Crippen LogP contribution >= 0.6 is 7.75 Å². The minimum atomic E-state index is -3.33. The zero-order valence-electron chi connectivity index (χ0n) is 13.8. The molecular weight excluding hydrogens is 309 g/mol. The number of hydrogen-bond acceptors (Lipinski definition) is 3. The van der Waals surface area contributed by atoms with Gasteiger partial charge in [0.15, 0.2) is 0 Å². The van der Waals surface area contributed by atoms with Crippen molar-refractivity contribution < 1.29 is 13.6 Å². The van der Waals surface area contributed by atoms with Crippen LogP contribution in [0.5, 0.6) is 11.5 Å². The lowest BCUT2D eigenvalue weighted by molar-refractivity contribution is 0.235. The highest BCUT2D eigenvalue weighted by atomic mass is 31.2. The molecule has 0 aromatic heterocycles. The molecule has 4 nitrogen and oxygen atoms in total. The molecule has 0 saturated carbocycles. The highest BCUT2D eigenvalue weighted by Crippen LogP contribution is 2.61. The zero-order chi connectivity index (χ0) is 16.4. The minimum Gasteiger partial charge on any atom is -0.404 e. The van der Waals surface area contributed by atoms with Gasteiger partial charge in [0.1, 0.15) is 11.5 Å². The fourth-order valence-corrected chi connectivity index (χ4v) is 5.47. The van der Waals surface area contributed by atoms with Gasteiger partial charge in [0.05, 0.1) is 0 Å². The van der Waals surface area contributed by atoms with Crippen LogP contribution in [0.4, 0.5) is 0 Å². The van der Waals surface area contributed by atoms with Gasteiger partial charge in [-0.3, -0.25) is 0 Å². The summed E-state index contributed by atoms with van der Waals surface area (Å²) in [7, 11) is -3.33. The predicted molar refractivity (Wildman–Crippen MR) is 89.9 cm³/mol. The van der Waals surface area contributed by atoms with Crippen molar-refractivity contribution >= 4 is 7.75 Å². The van der Waals surface area contributed by atoms with Crippen LogP contribution in [0.15, 0.2) is 24.3 Å². The van der Waals surface area contributed by atoms with E-state index in [1.807, 2.05) is 30.7 Å². The van der Waals surface area contributed by atoms with Gasteiger partial charge in [-0.2, -0.15) is 4.67 Å². The molecule has 0 saturated heterocycles. The van der Waals surface area contributed by atoms with E-state index < -0.39 is 7.75 Å². The molecular formula is C18H20NO3P. The standard InChI is InChI=1S/C18H20NO3P/c1-11-5-13(3)17-15(7-11)9-19-10-16-8-12(2)6-14(4)18(16)22-23(19,20)21-17/h5-8H,9-10H2,1-4H3. The van der Waals surface area contributed by atoms with E-state index in [0.29, 0.717) is 24.6 Å². The van der Waals surface area contributed by atoms with Crippen molar-refractivity contribution in [1.82, 2.24) is 4.67 Å². The zero-order valence-corrected chi connectivity index (χ0v) is 14.7. The van der Waals surface area contributed by atoms with Crippen LogP contribution in [0.2, 0.25) is 0 Å². The van der Waals surface area contributed by atoms with E-state index in [1.54, 1.807) is 0 Å². The fraction of sp³-hybridized carbons (Fsp3) is 0.333. The Labute approximate surface area is 136 Å². The number of nitrogens with zero attached hydrogens (tertiary/aromatic N) is 1. The lowest BCUT2D eigenvalue weighted by Crippen LogP contribution is -2.33. The first kappa shape index (κ1) is 14.8. The van der Waals surface area contributed by atoms with Crippen molar-refractivity contribution in [1.29, 1.82) is 0 Å². The van der Waals surface area contributed by atoms with Gasteiger partial charge in [-0.05, 0) is 38.8 Å². The predicted octanol–water partition coefficient (Wildman–Crippen LogP) is 4.82. The quantitative estimate of drug-likeness (QED) is 0.650. The van der Waals surface area contributed by atoms with Crippen LogP contribution in [0.3, 0.4) is 0 Å². The second kappa shape index (κ2) is 4.86. The Morgan fingerprint density at radius 1 is 0.826 bits per heavy atom. The van der Waals surface area contributed by atoms with Gasteiger partial charge in [0, 0.05) is 24.2 Å². The normalized spacial score (nSPS) is 18.3. The van der Waals surface area contributed by atoms with Crippen LogP contribution in [-0.2, 0) is 17.7 Å². The smallest absolute Gasteiger partial charge is 0.404 e. The molecule has 0 unspecified atom stereocenters. The maximum absolute atomic E-state index is 13.3. The Bertz CT molecular complexity index is 808. The summed E-state index contributed by atoms with van der Waals surface area (Å²) in [5, 5.41) is 0. The summed E-state index contributed by atoms with van der Waals surface area (Å²) in [5.41, 5.74) is 6.53. The van der Waals surface area contributed by atoms with Gasteiger partial charge >= 0.3 is 7.75 Å². The van der Waals surface area contributed by atoms with Gasteiger partial charge in [0.2, 0.25) is 0 Å². The van der Waals surface area contributed by atoms with Crippen molar-refractivity contribution in [3.05, 3.63) is 57.6 Å². The first-order valence-electron chi connectivity index (χ1n) is 7.80. The Kier molecular flexibility index (Phi) is 3.13. The molecule has 0 radical (unpaired) electrons. The maximum atomic E-state index is 13.3. The molecule has 0 bridgehead atoms. The van der Waals surface area contributed by atoms with Crippen molar-refractivity contribution in [2.45, 2.75) is 40.8 Å². The number of benzene rings is 2. The Morgan fingerprint density at radius 3 is 1.70 bits per heavy atom. The van der Waals surface area contributed by atoms with Crippen molar-refractivity contribution in [2.24, 2.45) is 0 Å².